The van der Waals surface area contributed by atoms with Crippen LogP contribution in [0.25, 0.3) is 0 Å². The second kappa shape index (κ2) is 8.52. The van der Waals surface area contributed by atoms with Gasteiger partial charge < -0.3 is 9.47 Å². The molecule has 7 heteroatoms. The van der Waals surface area contributed by atoms with Crippen LogP contribution in [0.15, 0.2) is 0 Å². The van der Waals surface area contributed by atoms with Gasteiger partial charge in [0.25, 0.3) is 0 Å². The van der Waals surface area contributed by atoms with Crippen LogP contribution in [0.4, 0.5) is 13.2 Å². The molecular formula is C17H28F3NO3. The van der Waals surface area contributed by atoms with Crippen LogP contribution in [-0.2, 0) is 14.3 Å². The van der Waals surface area contributed by atoms with E-state index in [0.717, 1.165) is 13.1 Å². The fraction of sp³-hybridized carbons (Fsp3) is 0.941. The van der Waals surface area contributed by atoms with E-state index in [9.17, 15) is 18.0 Å². The molecule has 0 bridgehead atoms. The molecule has 0 aromatic rings. The van der Waals surface area contributed by atoms with Gasteiger partial charge in [0.1, 0.15) is 12.7 Å². The zero-order valence-corrected chi connectivity index (χ0v) is 14.5. The van der Waals surface area contributed by atoms with Crippen LogP contribution in [0.1, 0.15) is 39.5 Å². The van der Waals surface area contributed by atoms with E-state index in [1.807, 2.05) is 0 Å². The van der Waals surface area contributed by atoms with Gasteiger partial charge >= 0.3 is 12.1 Å². The Kier molecular flexibility index (Phi) is 6.92. The minimum absolute atomic E-state index is 0.114. The second-order valence-electron chi connectivity index (χ2n) is 7.38. The van der Waals surface area contributed by atoms with Crippen LogP contribution < -0.4 is 0 Å². The number of morpholine rings is 1. The summed E-state index contributed by atoms with van der Waals surface area (Å²) in [5, 5.41) is 0. The van der Waals surface area contributed by atoms with Gasteiger partial charge in [0.15, 0.2) is 0 Å². The molecular weight excluding hydrogens is 323 g/mol. The maximum absolute atomic E-state index is 12.8. The summed E-state index contributed by atoms with van der Waals surface area (Å²) in [4.78, 5) is 14.4. The van der Waals surface area contributed by atoms with Crippen LogP contribution >= 0.6 is 0 Å². The molecule has 0 spiro atoms. The first-order chi connectivity index (χ1) is 11.3. The first kappa shape index (κ1) is 19.5. The summed E-state index contributed by atoms with van der Waals surface area (Å²) >= 11 is 0. The van der Waals surface area contributed by atoms with Gasteiger partial charge in [0.05, 0.1) is 18.4 Å². The van der Waals surface area contributed by atoms with Crippen LogP contribution in [0, 0.1) is 17.8 Å². The van der Waals surface area contributed by atoms with E-state index in [0.29, 0.717) is 31.9 Å². The normalized spacial score (nSPS) is 29.7. The number of carbonyl (C=O) groups excluding carboxylic acids is 1. The quantitative estimate of drug-likeness (QED) is 0.713. The molecule has 3 unspecified atom stereocenters. The number of esters is 1. The lowest BCUT2D eigenvalue weighted by Gasteiger charge is -2.34. The third-order valence-corrected chi connectivity index (χ3v) is 4.73. The SMILES string of the molecule is CC(C)CN1CCOC(COC(=O)C2CCCC(C(F)(F)F)C2)C1. The molecule has 2 rings (SSSR count). The van der Waals surface area contributed by atoms with Crippen molar-refractivity contribution in [2.75, 3.05) is 32.8 Å². The molecule has 0 radical (unpaired) electrons. The van der Waals surface area contributed by atoms with E-state index in [-0.39, 0.29) is 25.6 Å². The van der Waals surface area contributed by atoms with E-state index in [1.165, 1.54) is 0 Å². The molecule has 0 aromatic carbocycles. The molecule has 1 heterocycles. The zero-order chi connectivity index (χ0) is 17.7. The van der Waals surface area contributed by atoms with Gasteiger partial charge in [-0.3, -0.25) is 9.69 Å². The van der Waals surface area contributed by atoms with Crippen molar-refractivity contribution < 1.29 is 27.4 Å². The highest BCUT2D eigenvalue weighted by Crippen LogP contribution is 2.40. The average Bonchev–Trinajstić information content (AvgIpc) is 2.51. The second-order valence-corrected chi connectivity index (χ2v) is 7.38. The van der Waals surface area contributed by atoms with E-state index in [4.69, 9.17) is 9.47 Å². The molecule has 1 saturated heterocycles. The number of hydrogen-bond donors (Lipinski definition) is 0. The molecule has 1 saturated carbocycles. The number of halogens is 3. The smallest absolute Gasteiger partial charge is 0.391 e. The topological polar surface area (TPSA) is 38.8 Å². The summed E-state index contributed by atoms with van der Waals surface area (Å²) in [6, 6.07) is 0. The van der Waals surface area contributed by atoms with E-state index in [1.54, 1.807) is 0 Å². The molecule has 1 aliphatic carbocycles. The molecule has 2 fully saturated rings. The van der Waals surface area contributed by atoms with Crippen LogP contribution in [0.3, 0.4) is 0 Å². The summed E-state index contributed by atoms with van der Waals surface area (Å²) in [5.74, 6) is -1.97. The minimum Gasteiger partial charge on any atom is -0.463 e. The Labute approximate surface area is 141 Å². The van der Waals surface area contributed by atoms with Crippen molar-refractivity contribution in [1.29, 1.82) is 0 Å². The van der Waals surface area contributed by atoms with Crippen molar-refractivity contribution in [2.45, 2.75) is 51.8 Å². The lowest BCUT2D eigenvalue weighted by Crippen LogP contribution is -2.46. The van der Waals surface area contributed by atoms with Gasteiger partial charge in [-0.15, -0.1) is 0 Å². The molecule has 2 aliphatic rings. The molecule has 140 valence electrons. The Hall–Kier alpha value is -0.820. The molecule has 0 amide bonds. The Morgan fingerprint density at radius 3 is 2.75 bits per heavy atom. The summed E-state index contributed by atoms with van der Waals surface area (Å²) in [6.45, 7) is 7.52. The van der Waals surface area contributed by atoms with Gasteiger partial charge in [0.2, 0.25) is 0 Å². The number of alkyl halides is 3. The maximum atomic E-state index is 12.8. The summed E-state index contributed by atoms with van der Waals surface area (Å²) in [6.07, 6.45) is -3.54. The third-order valence-electron chi connectivity index (χ3n) is 4.73. The van der Waals surface area contributed by atoms with Gasteiger partial charge in [0, 0.05) is 19.6 Å². The highest BCUT2D eigenvalue weighted by Gasteiger charge is 2.44. The highest BCUT2D eigenvalue weighted by molar-refractivity contribution is 5.72. The monoisotopic (exact) mass is 351 g/mol. The third kappa shape index (κ3) is 5.92. The highest BCUT2D eigenvalue weighted by atomic mass is 19.4. The predicted molar refractivity (Wildman–Crippen MR) is 83.5 cm³/mol. The lowest BCUT2D eigenvalue weighted by atomic mass is 9.81. The fourth-order valence-electron chi connectivity index (χ4n) is 3.56. The van der Waals surface area contributed by atoms with Crippen LogP contribution in [0.5, 0.6) is 0 Å². The number of carbonyl (C=O) groups is 1. The molecule has 3 atom stereocenters. The van der Waals surface area contributed by atoms with E-state index in [2.05, 4.69) is 18.7 Å². The summed E-state index contributed by atoms with van der Waals surface area (Å²) in [5.41, 5.74) is 0. The number of ether oxygens (including phenoxy) is 2. The molecule has 0 N–H and O–H groups in total. The standard InChI is InChI=1S/C17H28F3NO3/c1-12(2)9-21-6-7-23-15(10-21)11-24-16(22)13-4-3-5-14(8-13)17(18,19)20/h12-15H,3-11H2,1-2H3. The number of hydrogen-bond acceptors (Lipinski definition) is 4. The number of rotatable bonds is 5. The van der Waals surface area contributed by atoms with Gasteiger partial charge in [-0.05, 0) is 25.2 Å². The van der Waals surface area contributed by atoms with Crippen LogP contribution in [-0.4, -0.2) is 56.0 Å². The van der Waals surface area contributed by atoms with Crippen molar-refractivity contribution in [3.8, 4) is 0 Å². The molecule has 24 heavy (non-hydrogen) atoms. The Morgan fingerprint density at radius 1 is 1.33 bits per heavy atom. The van der Waals surface area contributed by atoms with Crippen molar-refractivity contribution in [2.24, 2.45) is 17.8 Å². The van der Waals surface area contributed by atoms with Crippen molar-refractivity contribution in [3.05, 3.63) is 0 Å². The Bertz CT molecular complexity index is 414. The van der Waals surface area contributed by atoms with Crippen molar-refractivity contribution in [1.82, 2.24) is 4.90 Å². The van der Waals surface area contributed by atoms with Crippen LogP contribution in [0.2, 0.25) is 0 Å². The predicted octanol–water partition coefficient (Wildman–Crippen LogP) is 3.26. The first-order valence-electron chi connectivity index (χ1n) is 8.83. The van der Waals surface area contributed by atoms with Gasteiger partial charge in [-0.1, -0.05) is 20.3 Å². The van der Waals surface area contributed by atoms with Crippen molar-refractivity contribution in [3.63, 3.8) is 0 Å². The maximum Gasteiger partial charge on any atom is 0.391 e. The van der Waals surface area contributed by atoms with E-state index >= 15 is 0 Å². The van der Waals surface area contributed by atoms with Gasteiger partial charge in [-0.25, -0.2) is 0 Å². The molecule has 1 aliphatic heterocycles. The summed E-state index contributed by atoms with van der Waals surface area (Å²) in [7, 11) is 0. The van der Waals surface area contributed by atoms with E-state index < -0.39 is 24.0 Å². The molecule has 0 aromatic heterocycles. The van der Waals surface area contributed by atoms with Gasteiger partial charge in [-0.2, -0.15) is 13.2 Å². The fourth-order valence-corrected chi connectivity index (χ4v) is 3.56. The summed E-state index contributed by atoms with van der Waals surface area (Å²) < 4.78 is 49.4. The Morgan fingerprint density at radius 2 is 2.08 bits per heavy atom. The minimum atomic E-state index is -4.22. The molecule has 4 nitrogen and oxygen atoms in total. The lowest BCUT2D eigenvalue weighted by molar-refractivity contribution is -0.190. The zero-order valence-electron chi connectivity index (χ0n) is 14.5. The number of nitrogens with zero attached hydrogens (tertiary/aromatic N) is 1. The largest absolute Gasteiger partial charge is 0.463 e. The Balaban J connectivity index is 1.76. The average molecular weight is 351 g/mol. The first-order valence-corrected chi connectivity index (χ1v) is 8.83. The van der Waals surface area contributed by atoms with Crippen molar-refractivity contribution >= 4 is 5.97 Å².